The molecule has 16 nitrogen and oxygen atoms in total. The second kappa shape index (κ2) is 20.3. The number of hydrogen-bond acceptors (Lipinski definition) is 12. The molecular weight excluding hydrogens is 859 g/mol. The van der Waals surface area contributed by atoms with Gasteiger partial charge in [0.15, 0.2) is 0 Å². The number of rotatable bonds is 11. The minimum atomic E-state index is -1.08. The van der Waals surface area contributed by atoms with Crippen LogP contribution in [0, 0.1) is 17.3 Å². The van der Waals surface area contributed by atoms with Crippen LogP contribution in [-0.4, -0.2) is 143 Å². The van der Waals surface area contributed by atoms with Gasteiger partial charge in [-0.25, -0.2) is 10.4 Å². The van der Waals surface area contributed by atoms with Gasteiger partial charge in [-0.3, -0.25) is 34.0 Å². The van der Waals surface area contributed by atoms with Crippen LogP contribution in [0.15, 0.2) is 41.9 Å². The Bertz CT molecular complexity index is 2450. The Morgan fingerprint density at radius 1 is 1.09 bits per heavy atom. The number of likely N-dealkylation sites (tertiary alicyclic amines) is 1. The number of aryl methyl sites for hydroxylation is 1. The summed E-state index contributed by atoms with van der Waals surface area (Å²) < 4.78 is 14.2. The number of esters is 1. The maximum atomic E-state index is 14.6. The number of methoxy groups -OCH3 is 1. The van der Waals surface area contributed by atoms with Crippen molar-refractivity contribution < 1.29 is 33.4 Å². The fourth-order valence-electron chi connectivity index (χ4n) is 9.73. The van der Waals surface area contributed by atoms with E-state index in [1.807, 2.05) is 46.3 Å². The number of pyridine rings is 1. The van der Waals surface area contributed by atoms with Gasteiger partial charge in [-0.1, -0.05) is 33.8 Å². The lowest BCUT2D eigenvalue weighted by molar-refractivity contribution is -0.155. The van der Waals surface area contributed by atoms with Crippen molar-refractivity contribution in [1.82, 2.24) is 45.0 Å². The van der Waals surface area contributed by atoms with Crippen LogP contribution in [0.25, 0.3) is 33.4 Å². The molecule has 0 saturated carbocycles. The van der Waals surface area contributed by atoms with E-state index in [-0.39, 0.29) is 50.0 Å². The molecule has 2 N–H and O–H groups in total. The maximum Gasteiger partial charge on any atom is 0.324 e. The number of carbonyl (C=O) groups excluding carboxylic acids is 5. The Labute approximate surface area is 392 Å². The first-order valence-electron chi connectivity index (χ1n) is 23.2. The summed E-state index contributed by atoms with van der Waals surface area (Å²) >= 11 is 1.41. The largest absolute Gasteiger partial charge is 0.464 e. The third-order valence-corrected chi connectivity index (χ3v) is 14.0. The summed E-state index contributed by atoms with van der Waals surface area (Å²) in [7, 11) is 6.96. The SMILES string of the molecule is CCn1c(-c2cccnc2[C@H](C)OC)c2c3cc(ccc31)-c1csc(n1)C[C@H](NC(=O)[C@H](C(C)C)N(C)C(=O)[C@H]1CCN(C(=O)CN(C)C)C1)C(=O)N1CCC[C@H](N1)C(=O)OCC(C)(C)C2. The zero-order valence-electron chi connectivity index (χ0n) is 40.2. The summed E-state index contributed by atoms with van der Waals surface area (Å²) in [4.78, 5) is 84.7. The molecule has 2 saturated heterocycles. The number of nitrogens with zero attached hydrogens (tertiary/aromatic N) is 7. The molecule has 66 heavy (non-hydrogen) atoms. The Hall–Kier alpha value is -5.23. The number of hydrogen-bond donors (Lipinski definition) is 2. The minimum absolute atomic E-state index is 0.0425. The third kappa shape index (κ3) is 10.3. The molecule has 0 radical (unpaired) electrons. The molecule has 17 heteroatoms. The standard InChI is InChI=1S/C49H67N9O7S/c1-11-57-39-17-16-31-22-34(39)35(44(57)33-14-12-19-50-42(33)30(4)64-10)24-49(5,6)28-65-48(63)36-15-13-20-58(53-36)47(62)37(23-40-51-38(31)27-66-40)52-45(60)43(29(2)3)55(9)46(61)32-18-21-56(25-32)41(59)26-54(7)8/h12,14,16-17,19,22,27,29-30,32,36-37,43,53H,11,13,15,18,20-21,23-26,28H2,1-10H3,(H,52,60)/t30-,32-,36-,37-,43-/m0/s1. The van der Waals surface area contributed by atoms with Gasteiger partial charge in [0.25, 0.3) is 5.91 Å². The van der Waals surface area contributed by atoms with Crippen molar-refractivity contribution in [2.45, 2.75) is 104 Å². The van der Waals surface area contributed by atoms with Crippen molar-refractivity contribution in [1.29, 1.82) is 0 Å². The highest BCUT2D eigenvalue weighted by atomic mass is 32.1. The van der Waals surface area contributed by atoms with E-state index in [9.17, 15) is 24.0 Å². The number of nitrogens with one attached hydrogen (secondary N) is 2. The lowest BCUT2D eigenvalue weighted by atomic mass is 9.84. The van der Waals surface area contributed by atoms with Gasteiger partial charge in [-0.05, 0) is 89.4 Å². The lowest BCUT2D eigenvalue weighted by Gasteiger charge is -2.37. The summed E-state index contributed by atoms with van der Waals surface area (Å²) in [6, 6.07) is 7.65. The third-order valence-electron chi connectivity index (χ3n) is 13.2. The normalized spacial score (nSPS) is 21.2. The van der Waals surface area contributed by atoms with Crippen LogP contribution in [-0.2, 0) is 52.8 Å². The lowest BCUT2D eigenvalue weighted by Crippen LogP contribution is -2.62. The Morgan fingerprint density at radius 3 is 2.58 bits per heavy atom. The van der Waals surface area contributed by atoms with Gasteiger partial charge < -0.3 is 34.1 Å². The van der Waals surface area contributed by atoms with Crippen molar-refractivity contribution in [3.63, 3.8) is 0 Å². The quantitative estimate of drug-likeness (QED) is 0.192. The van der Waals surface area contributed by atoms with E-state index in [1.54, 1.807) is 30.2 Å². The highest BCUT2D eigenvalue weighted by molar-refractivity contribution is 7.10. The van der Waals surface area contributed by atoms with Crippen LogP contribution in [0.3, 0.4) is 0 Å². The number of likely N-dealkylation sites (N-methyl/N-ethyl adjacent to an activating group) is 2. The number of fused-ring (bicyclic) bond motifs is 6. The second-order valence-corrected chi connectivity index (χ2v) is 20.4. The molecule has 0 spiro atoms. The Morgan fingerprint density at radius 2 is 1.86 bits per heavy atom. The number of thiazole rings is 1. The van der Waals surface area contributed by atoms with E-state index in [0.717, 1.165) is 44.7 Å². The first-order valence-corrected chi connectivity index (χ1v) is 24.1. The van der Waals surface area contributed by atoms with Crippen molar-refractivity contribution in [2.24, 2.45) is 17.3 Å². The van der Waals surface area contributed by atoms with Crippen molar-refractivity contribution in [2.75, 3.05) is 61.0 Å². The number of aromatic nitrogens is 3. The van der Waals surface area contributed by atoms with Crippen LogP contribution in [0.2, 0.25) is 0 Å². The fourth-order valence-corrected chi connectivity index (χ4v) is 10.6. The van der Waals surface area contributed by atoms with Gasteiger partial charge in [-0.15, -0.1) is 11.3 Å². The molecular formula is C49H67N9O7S. The van der Waals surface area contributed by atoms with Gasteiger partial charge in [0.1, 0.15) is 18.1 Å². The minimum Gasteiger partial charge on any atom is -0.464 e. The number of ether oxygens (including phenoxy) is 2. The molecule has 3 aromatic heterocycles. The van der Waals surface area contributed by atoms with E-state index in [1.165, 1.54) is 21.2 Å². The Balaban J connectivity index is 1.25. The predicted molar refractivity (Wildman–Crippen MR) is 254 cm³/mol. The van der Waals surface area contributed by atoms with E-state index in [2.05, 4.69) is 60.3 Å². The summed E-state index contributed by atoms with van der Waals surface area (Å²) in [5.74, 6) is -2.37. The summed E-state index contributed by atoms with van der Waals surface area (Å²) in [6.07, 6.45) is 3.70. The molecule has 5 atom stereocenters. The van der Waals surface area contributed by atoms with Crippen LogP contribution >= 0.6 is 11.3 Å². The predicted octanol–water partition coefficient (Wildman–Crippen LogP) is 5.10. The number of benzene rings is 1. The monoisotopic (exact) mass is 925 g/mol. The topological polar surface area (TPSA) is 172 Å². The van der Waals surface area contributed by atoms with E-state index in [4.69, 9.17) is 19.4 Å². The van der Waals surface area contributed by atoms with Crippen molar-refractivity contribution >= 4 is 51.8 Å². The first-order chi connectivity index (χ1) is 31.4. The molecule has 356 valence electrons. The summed E-state index contributed by atoms with van der Waals surface area (Å²) in [5.41, 5.74) is 9.28. The molecule has 1 aromatic carbocycles. The van der Waals surface area contributed by atoms with Crippen LogP contribution in [0.5, 0.6) is 0 Å². The van der Waals surface area contributed by atoms with Gasteiger partial charge in [0.05, 0.1) is 47.3 Å². The highest BCUT2D eigenvalue weighted by Crippen LogP contribution is 2.42. The molecule has 6 bridgehead atoms. The zero-order chi connectivity index (χ0) is 47.6. The van der Waals surface area contributed by atoms with Gasteiger partial charge >= 0.3 is 5.97 Å². The molecule has 3 aliphatic heterocycles. The van der Waals surface area contributed by atoms with Crippen LogP contribution in [0.1, 0.15) is 83.2 Å². The first kappa shape index (κ1) is 48.7. The summed E-state index contributed by atoms with van der Waals surface area (Å²) in [6.45, 7) is 14.2. The maximum absolute atomic E-state index is 14.6. The van der Waals surface area contributed by atoms with Crippen LogP contribution in [0.4, 0.5) is 0 Å². The molecule has 4 aromatic rings. The molecule has 0 unspecified atom stereocenters. The van der Waals surface area contributed by atoms with Gasteiger partial charge in [0.2, 0.25) is 17.7 Å². The van der Waals surface area contributed by atoms with E-state index < -0.39 is 47.2 Å². The average Bonchev–Trinajstić information content (AvgIpc) is 4.05. The van der Waals surface area contributed by atoms with Gasteiger partial charge in [0, 0.05) is 85.8 Å². The van der Waals surface area contributed by atoms with E-state index in [0.29, 0.717) is 50.3 Å². The smallest absolute Gasteiger partial charge is 0.324 e. The molecule has 7 rings (SSSR count). The molecule has 0 aliphatic carbocycles. The number of hydrazine groups is 1. The summed E-state index contributed by atoms with van der Waals surface area (Å²) in [5, 5.41) is 8.13. The molecule has 2 fully saturated rings. The molecule has 6 heterocycles. The number of cyclic esters (lactones) is 1. The zero-order valence-corrected chi connectivity index (χ0v) is 41.0. The molecule has 4 amide bonds. The number of carbonyl (C=O) groups is 5. The average molecular weight is 926 g/mol. The Kier molecular flexibility index (Phi) is 15.0. The van der Waals surface area contributed by atoms with Gasteiger partial charge in [-0.2, -0.15) is 0 Å². The highest BCUT2D eigenvalue weighted by Gasteiger charge is 2.40. The molecule has 3 aliphatic rings. The van der Waals surface area contributed by atoms with E-state index >= 15 is 0 Å². The van der Waals surface area contributed by atoms with Crippen LogP contribution < -0.4 is 10.7 Å². The number of amides is 4. The second-order valence-electron chi connectivity index (χ2n) is 19.5. The van der Waals surface area contributed by atoms with Crippen molar-refractivity contribution in [3.05, 3.63) is 58.2 Å². The van der Waals surface area contributed by atoms with Crippen molar-refractivity contribution in [3.8, 4) is 22.5 Å². The fraction of sp³-hybridized carbons (Fsp3) is 0.571.